The summed E-state index contributed by atoms with van der Waals surface area (Å²) in [5, 5.41) is 5.98. The summed E-state index contributed by atoms with van der Waals surface area (Å²) >= 11 is 5.78. The molecule has 196 valence electrons. The fraction of sp³-hybridized carbons (Fsp3) is 0.680. The standard InChI is InChI=1S/C25H37ClFN3O5/c1-25(2,3)35-24(32)29-18-11-20-17-10-22(34-5)21(33-4)9-16(17)6-7-30(20)14-19(18)28-23(31)8-15(12-26)13-27/h9-10,15,18-20H,6-8,11-14H2,1-5H3,(H,28,31)(H,29,32)/t15?,18-,19-,20-/m0/s1. The van der Waals surface area contributed by atoms with Gasteiger partial charge >= 0.3 is 6.09 Å². The molecule has 2 aliphatic rings. The van der Waals surface area contributed by atoms with E-state index in [2.05, 4.69) is 15.5 Å². The Morgan fingerprint density at radius 1 is 1.17 bits per heavy atom. The number of hydrogen-bond acceptors (Lipinski definition) is 6. The minimum Gasteiger partial charge on any atom is -0.493 e. The van der Waals surface area contributed by atoms with E-state index >= 15 is 0 Å². The van der Waals surface area contributed by atoms with Crippen LogP contribution in [0.4, 0.5) is 9.18 Å². The highest BCUT2D eigenvalue weighted by atomic mass is 35.5. The maximum absolute atomic E-state index is 13.1. The van der Waals surface area contributed by atoms with Crippen molar-refractivity contribution in [3.63, 3.8) is 0 Å². The van der Waals surface area contributed by atoms with E-state index in [0.29, 0.717) is 24.5 Å². The first-order valence-corrected chi connectivity index (χ1v) is 12.5. The number of benzene rings is 1. The molecule has 2 N–H and O–H groups in total. The third kappa shape index (κ3) is 6.91. The van der Waals surface area contributed by atoms with Crippen molar-refractivity contribution in [3.05, 3.63) is 23.3 Å². The lowest BCUT2D eigenvalue weighted by molar-refractivity contribution is -0.123. The van der Waals surface area contributed by atoms with Crippen LogP contribution in [0.1, 0.15) is 50.8 Å². The zero-order valence-corrected chi connectivity index (χ0v) is 21.9. The molecule has 3 rings (SSSR count). The molecule has 0 aromatic heterocycles. The molecule has 2 amide bonds. The lowest BCUT2D eigenvalue weighted by Crippen LogP contribution is -2.62. The number of alkyl carbamates (subject to hydrolysis) is 1. The Morgan fingerprint density at radius 3 is 2.46 bits per heavy atom. The van der Waals surface area contributed by atoms with Crippen LogP contribution in [-0.4, -0.2) is 74.4 Å². The number of ether oxygens (including phenoxy) is 3. The van der Waals surface area contributed by atoms with Gasteiger partial charge in [-0.05, 0) is 56.9 Å². The number of halogens is 2. The molecule has 0 radical (unpaired) electrons. The van der Waals surface area contributed by atoms with E-state index in [1.807, 2.05) is 12.1 Å². The van der Waals surface area contributed by atoms with E-state index in [9.17, 15) is 14.0 Å². The largest absolute Gasteiger partial charge is 0.493 e. The van der Waals surface area contributed by atoms with Gasteiger partial charge in [-0.1, -0.05) is 0 Å². The van der Waals surface area contributed by atoms with Crippen molar-refractivity contribution in [1.29, 1.82) is 0 Å². The molecule has 0 bridgehead atoms. The summed E-state index contributed by atoms with van der Waals surface area (Å²) in [6.45, 7) is 6.08. The highest BCUT2D eigenvalue weighted by Crippen LogP contribution is 2.42. The van der Waals surface area contributed by atoms with Gasteiger partial charge in [0, 0.05) is 37.4 Å². The average molecular weight is 514 g/mol. The first-order valence-electron chi connectivity index (χ1n) is 12.0. The maximum atomic E-state index is 13.1. The Balaban J connectivity index is 1.84. The second kappa shape index (κ2) is 11.6. The lowest BCUT2D eigenvalue weighted by Gasteiger charge is -2.47. The van der Waals surface area contributed by atoms with Crippen molar-refractivity contribution in [2.75, 3.05) is 39.9 Å². The number of amides is 2. The van der Waals surface area contributed by atoms with Gasteiger partial charge in [0.15, 0.2) is 11.5 Å². The molecule has 4 atom stereocenters. The number of carbonyl (C=O) groups is 2. The molecule has 1 saturated heterocycles. The zero-order valence-electron chi connectivity index (χ0n) is 21.2. The molecule has 1 aromatic carbocycles. The van der Waals surface area contributed by atoms with Gasteiger partial charge in [0.05, 0.1) is 33.0 Å². The van der Waals surface area contributed by atoms with Gasteiger partial charge < -0.3 is 24.8 Å². The van der Waals surface area contributed by atoms with E-state index in [1.165, 1.54) is 5.56 Å². The van der Waals surface area contributed by atoms with Gasteiger partial charge in [0.25, 0.3) is 0 Å². The van der Waals surface area contributed by atoms with Crippen LogP contribution in [0, 0.1) is 5.92 Å². The van der Waals surface area contributed by atoms with Crippen LogP contribution in [-0.2, 0) is 16.0 Å². The number of carbonyl (C=O) groups excluding carboxylic acids is 2. The molecule has 1 fully saturated rings. The monoisotopic (exact) mass is 513 g/mol. The van der Waals surface area contributed by atoms with Crippen LogP contribution in [0.3, 0.4) is 0 Å². The first kappa shape index (κ1) is 27.3. The van der Waals surface area contributed by atoms with E-state index in [0.717, 1.165) is 18.5 Å². The van der Waals surface area contributed by atoms with E-state index in [-0.39, 0.29) is 36.3 Å². The topological polar surface area (TPSA) is 89.1 Å². The summed E-state index contributed by atoms with van der Waals surface area (Å²) in [4.78, 5) is 27.6. The first-order chi connectivity index (χ1) is 16.6. The smallest absolute Gasteiger partial charge is 0.407 e. The normalized spacial score (nSPS) is 22.9. The highest BCUT2D eigenvalue weighted by molar-refractivity contribution is 6.18. The summed E-state index contributed by atoms with van der Waals surface area (Å²) in [7, 11) is 3.22. The summed E-state index contributed by atoms with van der Waals surface area (Å²) < 4.78 is 29.6. The van der Waals surface area contributed by atoms with Crippen LogP contribution in [0.15, 0.2) is 12.1 Å². The summed E-state index contributed by atoms with van der Waals surface area (Å²) in [6, 6.07) is 3.30. The molecule has 1 unspecified atom stereocenters. The van der Waals surface area contributed by atoms with Gasteiger partial charge in [-0.25, -0.2) is 4.79 Å². The number of nitrogens with zero attached hydrogens (tertiary/aromatic N) is 1. The molecule has 2 aliphatic heterocycles. The zero-order chi connectivity index (χ0) is 25.8. The number of piperidine rings is 1. The maximum Gasteiger partial charge on any atom is 0.407 e. The molecule has 2 heterocycles. The minimum absolute atomic E-state index is 0.00108. The van der Waals surface area contributed by atoms with Crippen LogP contribution in [0.5, 0.6) is 11.5 Å². The van der Waals surface area contributed by atoms with E-state index < -0.39 is 24.3 Å². The molecule has 0 spiro atoms. The third-order valence-electron chi connectivity index (χ3n) is 6.47. The molecule has 0 saturated carbocycles. The Morgan fingerprint density at radius 2 is 1.86 bits per heavy atom. The fourth-order valence-corrected chi connectivity index (χ4v) is 4.99. The summed E-state index contributed by atoms with van der Waals surface area (Å²) in [5.74, 6) is 0.597. The van der Waals surface area contributed by atoms with Gasteiger partial charge in [0.2, 0.25) is 5.91 Å². The molecule has 0 aliphatic carbocycles. The Hall–Kier alpha value is -2.26. The minimum atomic E-state index is -0.655. The summed E-state index contributed by atoms with van der Waals surface area (Å²) in [5.41, 5.74) is 1.64. The van der Waals surface area contributed by atoms with E-state index in [4.69, 9.17) is 25.8 Å². The van der Waals surface area contributed by atoms with Crippen molar-refractivity contribution in [1.82, 2.24) is 15.5 Å². The molecule has 35 heavy (non-hydrogen) atoms. The molecule has 10 heteroatoms. The highest BCUT2D eigenvalue weighted by Gasteiger charge is 2.41. The second-order valence-corrected chi connectivity index (χ2v) is 10.5. The molecule has 8 nitrogen and oxygen atoms in total. The predicted molar refractivity (Wildman–Crippen MR) is 132 cm³/mol. The van der Waals surface area contributed by atoms with Gasteiger partial charge in [-0.15, -0.1) is 11.6 Å². The Bertz CT molecular complexity index is 906. The Labute approximate surface area is 211 Å². The third-order valence-corrected chi connectivity index (χ3v) is 6.90. The number of nitrogens with one attached hydrogen (secondary N) is 2. The van der Waals surface area contributed by atoms with Gasteiger partial charge in [-0.2, -0.15) is 0 Å². The quantitative estimate of drug-likeness (QED) is 0.516. The van der Waals surface area contributed by atoms with Crippen molar-refractivity contribution in [2.45, 2.75) is 63.8 Å². The Kier molecular flexibility index (Phi) is 9.10. The average Bonchev–Trinajstić information content (AvgIpc) is 2.80. The van der Waals surface area contributed by atoms with Crippen molar-refractivity contribution in [3.8, 4) is 11.5 Å². The predicted octanol–water partition coefficient (Wildman–Crippen LogP) is 3.60. The molecule has 1 aromatic rings. The van der Waals surface area contributed by atoms with Gasteiger partial charge in [-0.3, -0.25) is 14.1 Å². The fourth-order valence-electron chi connectivity index (χ4n) is 4.80. The van der Waals surface area contributed by atoms with E-state index in [1.54, 1.807) is 35.0 Å². The van der Waals surface area contributed by atoms with Crippen molar-refractivity contribution >= 4 is 23.6 Å². The molecular weight excluding hydrogens is 477 g/mol. The SMILES string of the molecule is COc1cc2c(cc1OC)[C@@H]1C[C@H](NC(=O)OC(C)(C)C)[C@@H](NC(=O)CC(CF)CCl)CN1CC2. The number of hydrogen-bond donors (Lipinski definition) is 2. The van der Waals surface area contributed by atoms with Gasteiger partial charge in [0.1, 0.15) is 5.60 Å². The number of rotatable bonds is 8. The van der Waals surface area contributed by atoms with Crippen LogP contribution in [0.25, 0.3) is 0 Å². The lowest BCUT2D eigenvalue weighted by atomic mass is 9.82. The number of alkyl halides is 2. The van der Waals surface area contributed by atoms with Crippen LogP contribution in [0.2, 0.25) is 0 Å². The number of methoxy groups -OCH3 is 2. The number of fused-ring (bicyclic) bond motifs is 3. The van der Waals surface area contributed by atoms with Crippen molar-refractivity contribution in [2.24, 2.45) is 5.92 Å². The van der Waals surface area contributed by atoms with Crippen LogP contribution >= 0.6 is 11.6 Å². The second-order valence-electron chi connectivity index (χ2n) is 10.2. The van der Waals surface area contributed by atoms with Crippen LogP contribution < -0.4 is 20.1 Å². The summed E-state index contributed by atoms with van der Waals surface area (Å²) in [6.07, 6.45) is 0.849. The molecular formula is C25H37ClFN3O5. The van der Waals surface area contributed by atoms with Crippen molar-refractivity contribution < 1.29 is 28.2 Å².